The van der Waals surface area contributed by atoms with Crippen molar-refractivity contribution in [3.63, 3.8) is 0 Å². The van der Waals surface area contributed by atoms with Gasteiger partial charge in [-0.25, -0.2) is 4.39 Å². The van der Waals surface area contributed by atoms with E-state index in [0.29, 0.717) is 17.0 Å². The minimum Gasteiger partial charge on any atom is -0.495 e. The predicted molar refractivity (Wildman–Crippen MR) is 76.5 cm³/mol. The minimum absolute atomic E-state index is 0.0101. The van der Waals surface area contributed by atoms with Gasteiger partial charge in [0.1, 0.15) is 11.6 Å². The quantitative estimate of drug-likeness (QED) is 0.928. The third-order valence-corrected chi connectivity index (χ3v) is 2.94. The molecule has 0 aromatic heterocycles. The van der Waals surface area contributed by atoms with Gasteiger partial charge in [-0.15, -0.1) is 0 Å². The van der Waals surface area contributed by atoms with Crippen molar-refractivity contribution in [1.82, 2.24) is 0 Å². The van der Waals surface area contributed by atoms with Gasteiger partial charge in [-0.05, 0) is 36.2 Å². The van der Waals surface area contributed by atoms with Crippen molar-refractivity contribution >= 4 is 11.6 Å². The minimum atomic E-state index is -0.376. The molecule has 2 rings (SSSR count). The fourth-order valence-electron chi connectivity index (χ4n) is 1.93. The summed E-state index contributed by atoms with van der Waals surface area (Å²) >= 11 is 0. The van der Waals surface area contributed by atoms with Crippen LogP contribution in [0.3, 0.4) is 0 Å². The molecule has 0 heterocycles. The molecule has 0 radical (unpaired) electrons. The molecule has 0 unspecified atom stereocenters. The highest BCUT2D eigenvalue weighted by Gasteiger charge is 2.10. The van der Waals surface area contributed by atoms with Crippen molar-refractivity contribution in [2.45, 2.75) is 13.3 Å². The molecule has 20 heavy (non-hydrogen) atoms. The van der Waals surface area contributed by atoms with Gasteiger partial charge in [0.25, 0.3) is 0 Å². The summed E-state index contributed by atoms with van der Waals surface area (Å²) in [5.41, 5.74) is 1.97. The Morgan fingerprint density at radius 1 is 1.25 bits per heavy atom. The zero-order valence-electron chi connectivity index (χ0n) is 11.4. The van der Waals surface area contributed by atoms with Gasteiger partial charge < -0.3 is 10.1 Å². The second-order valence-corrected chi connectivity index (χ2v) is 4.52. The molecule has 0 saturated heterocycles. The van der Waals surface area contributed by atoms with Gasteiger partial charge >= 0.3 is 0 Å². The van der Waals surface area contributed by atoms with E-state index in [4.69, 9.17) is 4.74 Å². The van der Waals surface area contributed by atoms with Gasteiger partial charge in [-0.1, -0.05) is 24.3 Å². The van der Waals surface area contributed by atoms with Crippen LogP contribution in [0.5, 0.6) is 5.75 Å². The van der Waals surface area contributed by atoms with E-state index in [-0.39, 0.29) is 18.1 Å². The summed E-state index contributed by atoms with van der Waals surface area (Å²) in [5.74, 6) is -0.0738. The third-order valence-electron chi connectivity index (χ3n) is 2.94. The lowest BCUT2D eigenvalue weighted by Gasteiger charge is -2.11. The number of nitrogens with one attached hydrogen (secondary N) is 1. The fraction of sp³-hybridized carbons (Fsp3) is 0.188. The average molecular weight is 273 g/mol. The number of carbonyl (C=O) groups excluding carboxylic acids is 1. The van der Waals surface area contributed by atoms with E-state index in [1.165, 1.54) is 13.2 Å². The molecular weight excluding hydrogens is 257 g/mol. The Kier molecular flexibility index (Phi) is 4.35. The lowest BCUT2D eigenvalue weighted by Crippen LogP contribution is -2.15. The first-order chi connectivity index (χ1) is 9.60. The first-order valence-electron chi connectivity index (χ1n) is 6.28. The van der Waals surface area contributed by atoms with Crippen LogP contribution in [0.1, 0.15) is 11.1 Å². The van der Waals surface area contributed by atoms with E-state index in [0.717, 1.165) is 5.56 Å². The molecule has 3 nitrogen and oxygen atoms in total. The van der Waals surface area contributed by atoms with Crippen LogP contribution in [0.15, 0.2) is 42.5 Å². The summed E-state index contributed by atoms with van der Waals surface area (Å²) in [6.45, 7) is 1.92. The maximum absolute atomic E-state index is 13.5. The highest BCUT2D eigenvalue weighted by Crippen LogP contribution is 2.25. The Balaban J connectivity index is 2.12. The highest BCUT2D eigenvalue weighted by molar-refractivity contribution is 5.93. The maximum Gasteiger partial charge on any atom is 0.229 e. The first-order valence-corrected chi connectivity index (χ1v) is 6.28. The van der Waals surface area contributed by atoms with E-state index in [2.05, 4.69) is 5.32 Å². The van der Waals surface area contributed by atoms with Crippen LogP contribution in [0, 0.1) is 12.7 Å². The molecule has 0 atom stereocenters. The number of methoxy groups -OCH3 is 1. The molecule has 104 valence electrons. The number of hydrogen-bond acceptors (Lipinski definition) is 2. The molecule has 2 aromatic carbocycles. The van der Waals surface area contributed by atoms with Crippen LogP contribution in [0.2, 0.25) is 0 Å². The monoisotopic (exact) mass is 273 g/mol. The highest BCUT2D eigenvalue weighted by atomic mass is 19.1. The van der Waals surface area contributed by atoms with Crippen molar-refractivity contribution < 1.29 is 13.9 Å². The van der Waals surface area contributed by atoms with Gasteiger partial charge in [-0.3, -0.25) is 4.79 Å². The number of hydrogen-bond donors (Lipinski definition) is 1. The van der Waals surface area contributed by atoms with E-state index in [1.807, 2.05) is 19.1 Å². The lowest BCUT2D eigenvalue weighted by atomic mass is 10.1. The van der Waals surface area contributed by atoms with Crippen molar-refractivity contribution in [3.05, 3.63) is 59.4 Å². The molecular formula is C16H16FNO2. The standard InChI is InChI=1S/C16H16FNO2/c1-11-7-8-15(20-2)14(9-11)18-16(19)10-12-5-3-4-6-13(12)17/h3-9H,10H2,1-2H3,(H,18,19). The third kappa shape index (κ3) is 3.35. The Morgan fingerprint density at radius 2 is 2.00 bits per heavy atom. The molecule has 4 heteroatoms. The van der Waals surface area contributed by atoms with Gasteiger partial charge in [0.15, 0.2) is 0 Å². The van der Waals surface area contributed by atoms with E-state index in [9.17, 15) is 9.18 Å². The zero-order chi connectivity index (χ0) is 14.5. The molecule has 2 aromatic rings. The Morgan fingerprint density at radius 3 is 2.70 bits per heavy atom. The molecule has 1 amide bonds. The topological polar surface area (TPSA) is 38.3 Å². The summed E-state index contributed by atoms with van der Waals surface area (Å²) in [4.78, 5) is 12.0. The van der Waals surface area contributed by atoms with Crippen LogP contribution >= 0.6 is 0 Å². The van der Waals surface area contributed by atoms with Gasteiger partial charge in [0.05, 0.1) is 19.2 Å². The smallest absolute Gasteiger partial charge is 0.229 e. The number of carbonyl (C=O) groups is 1. The van der Waals surface area contributed by atoms with Crippen molar-refractivity contribution in [1.29, 1.82) is 0 Å². The summed E-state index contributed by atoms with van der Waals surface area (Å²) in [6, 6.07) is 11.7. The molecule has 1 N–H and O–H groups in total. The van der Waals surface area contributed by atoms with Crippen LogP contribution in [-0.4, -0.2) is 13.0 Å². The largest absolute Gasteiger partial charge is 0.495 e. The molecule has 0 aliphatic rings. The van der Waals surface area contributed by atoms with Crippen LogP contribution in [-0.2, 0) is 11.2 Å². The second kappa shape index (κ2) is 6.19. The molecule has 0 bridgehead atoms. The Hall–Kier alpha value is -2.36. The molecule has 0 saturated carbocycles. The van der Waals surface area contributed by atoms with Gasteiger partial charge in [0.2, 0.25) is 5.91 Å². The number of anilines is 1. The first kappa shape index (κ1) is 14.1. The second-order valence-electron chi connectivity index (χ2n) is 4.52. The van der Waals surface area contributed by atoms with E-state index in [1.54, 1.807) is 24.3 Å². The predicted octanol–water partition coefficient (Wildman–Crippen LogP) is 3.32. The van der Waals surface area contributed by atoms with Gasteiger partial charge in [0, 0.05) is 0 Å². The van der Waals surface area contributed by atoms with Crippen molar-refractivity contribution in [2.24, 2.45) is 0 Å². The number of aryl methyl sites for hydroxylation is 1. The zero-order valence-corrected chi connectivity index (χ0v) is 11.4. The molecule has 0 spiro atoms. The molecule has 0 fully saturated rings. The lowest BCUT2D eigenvalue weighted by molar-refractivity contribution is -0.115. The maximum atomic E-state index is 13.5. The number of halogens is 1. The summed E-state index contributed by atoms with van der Waals surface area (Å²) in [6.07, 6.45) is -0.0101. The molecule has 0 aliphatic carbocycles. The van der Waals surface area contributed by atoms with Crippen LogP contribution < -0.4 is 10.1 Å². The SMILES string of the molecule is COc1ccc(C)cc1NC(=O)Cc1ccccc1F. The number of rotatable bonds is 4. The average Bonchev–Trinajstić information content (AvgIpc) is 2.41. The fourth-order valence-corrected chi connectivity index (χ4v) is 1.93. The number of ether oxygens (including phenoxy) is 1. The van der Waals surface area contributed by atoms with Crippen molar-refractivity contribution in [3.8, 4) is 5.75 Å². The number of benzene rings is 2. The number of amides is 1. The van der Waals surface area contributed by atoms with Crippen LogP contribution in [0.25, 0.3) is 0 Å². The van der Waals surface area contributed by atoms with Crippen LogP contribution in [0.4, 0.5) is 10.1 Å². The summed E-state index contributed by atoms with van der Waals surface area (Å²) < 4.78 is 18.7. The normalized spacial score (nSPS) is 10.2. The van der Waals surface area contributed by atoms with Crippen molar-refractivity contribution in [2.75, 3.05) is 12.4 Å². The summed E-state index contributed by atoms with van der Waals surface area (Å²) in [5, 5.41) is 2.75. The van der Waals surface area contributed by atoms with Gasteiger partial charge in [-0.2, -0.15) is 0 Å². The van der Waals surface area contributed by atoms with E-state index < -0.39 is 0 Å². The summed E-state index contributed by atoms with van der Waals surface area (Å²) in [7, 11) is 1.54. The van der Waals surface area contributed by atoms with E-state index >= 15 is 0 Å². The molecule has 0 aliphatic heterocycles. The Bertz CT molecular complexity index is 626. The Labute approximate surface area is 117 Å².